The van der Waals surface area contributed by atoms with Crippen LogP contribution in [0.4, 0.5) is 4.39 Å². The van der Waals surface area contributed by atoms with Gasteiger partial charge in [-0.05, 0) is 101 Å². The van der Waals surface area contributed by atoms with Crippen molar-refractivity contribution in [2.24, 2.45) is 28.8 Å². The third-order valence-corrected chi connectivity index (χ3v) is 11.7. The zero-order valence-electron chi connectivity index (χ0n) is 34.5. The molecule has 0 spiro atoms. The number of oxime groups is 1. The lowest BCUT2D eigenvalue weighted by Crippen LogP contribution is -2.70. The summed E-state index contributed by atoms with van der Waals surface area (Å²) in [5.74, 6) is -1.25. The molecule has 0 saturated heterocycles. The molecule has 0 radical (unpaired) electrons. The number of halogens is 1. The van der Waals surface area contributed by atoms with Crippen LogP contribution in [0.25, 0.3) is 0 Å². The molecule has 2 saturated carbocycles. The highest BCUT2D eigenvalue weighted by Gasteiger charge is 2.66. The van der Waals surface area contributed by atoms with Crippen LogP contribution in [0.2, 0.25) is 0 Å². The minimum atomic E-state index is -1.39. The number of carbonyl (C=O) groups is 1. The number of carbonyl (C=O) groups excluding carboxylic acids is 1. The molecule has 58 heavy (non-hydrogen) atoms. The van der Waals surface area contributed by atoms with Gasteiger partial charge in [-0.15, -0.1) is 6.58 Å². The third kappa shape index (κ3) is 10.1. The van der Waals surface area contributed by atoms with Gasteiger partial charge in [-0.3, -0.25) is 4.79 Å². The smallest absolute Gasteiger partial charge is 0.239 e. The van der Waals surface area contributed by atoms with E-state index >= 15 is 0 Å². The molecule has 0 unspecified atom stereocenters. The summed E-state index contributed by atoms with van der Waals surface area (Å²) in [6.07, 6.45) is 10.4. The van der Waals surface area contributed by atoms with Gasteiger partial charge in [-0.25, -0.2) is 4.39 Å². The number of aliphatic hydroxyl groups is 3. The fourth-order valence-corrected chi connectivity index (χ4v) is 9.02. The summed E-state index contributed by atoms with van der Waals surface area (Å²) in [5, 5.41) is 34.2. The van der Waals surface area contributed by atoms with Crippen molar-refractivity contribution in [2.75, 3.05) is 46.2 Å². The van der Waals surface area contributed by atoms with Crippen LogP contribution in [0, 0.1) is 29.5 Å². The Morgan fingerprint density at radius 2 is 1.79 bits per heavy atom. The molecule has 1 heterocycles. The molecule has 3 N–H and O–H groups in total. The maximum atomic E-state index is 14.7. The van der Waals surface area contributed by atoms with Crippen molar-refractivity contribution >= 4 is 11.6 Å². The molecule has 0 aromatic heterocycles. The molecule has 318 valence electrons. The van der Waals surface area contributed by atoms with Crippen LogP contribution in [0.3, 0.4) is 0 Å². The van der Waals surface area contributed by atoms with E-state index in [1.54, 1.807) is 24.3 Å². The summed E-state index contributed by atoms with van der Waals surface area (Å²) in [6, 6.07) is 11.6. The summed E-state index contributed by atoms with van der Waals surface area (Å²) in [6.45, 7) is 10.7. The Labute approximate surface area is 342 Å². The normalized spacial score (nSPS) is 25.6. The maximum absolute atomic E-state index is 14.7. The van der Waals surface area contributed by atoms with E-state index in [0.29, 0.717) is 36.3 Å². The molecular weight excluding hydrogens is 744 g/mol. The van der Waals surface area contributed by atoms with E-state index in [9.17, 15) is 24.5 Å². The first kappa shape index (κ1) is 43.8. The highest BCUT2D eigenvalue weighted by molar-refractivity contribution is 6.03. The Balaban J connectivity index is 1.56. The van der Waals surface area contributed by atoms with Gasteiger partial charge in [0, 0.05) is 49.1 Å². The van der Waals surface area contributed by atoms with Crippen LogP contribution in [0.1, 0.15) is 95.6 Å². The van der Waals surface area contributed by atoms with Crippen LogP contribution in [-0.2, 0) is 25.7 Å². The number of hydrogen-bond acceptors (Lipinski definition) is 10. The van der Waals surface area contributed by atoms with Gasteiger partial charge in [0.05, 0.1) is 38.1 Å². The van der Waals surface area contributed by atoms with E-state index in [4.69, 9.17) is 28.9 Å². The number of fused-ring (bicyclic) bond motifs is 2. The maximum Gasteiger partial charge on any atom is 0.239 e. The average Bonchev–Trinajstić information content (AvgIpc) is 4.06. The van der Waals surface area contributed by atoms with Crippen LogP contribution in [0.5, 0.6) is 11.5 Å². The number of rotatable bonds is 22. The van der Waals surface area contributed by atoms with Gasteiger partial charge >= 0.3 is 0 Å². The molecule has 1 aliphatic heterocycles. The van der Waals surface area contributed by atoms with Crippen molar-refractivity contribution in [3.05, 3.63) is 83.7 Å². The van der Waals surface area contributed by atoms with Gasteiger partial charge in [0.25, 0.3) is 0 Å². The first-order chi connectivity index (χ1) is 28.0. The van der Waals surface area contributed by atoms with Crippen LogP contribution >= 0.6 is 0 Å². The van der Waals surface area contributed by atoms with Crippen molar-refractivity contribution in [3.8, 4) is 11.5 Å². The molecule has 2 aromatic rings. The lowest BCUT2D eigenvalue weighted by atomic mass is 9.55. The van der Waals surface area contributed by atoms with Crippen molar-refractivity contribution in [1.29, 1.82) is 0 Å². The Kier molecular flexibility index (Phi) is 15.1. The number of aliphatic hydroxyl groups excluding tert-OH is 3. The van der Waals surface area contributed by atoms with Gasteiger partial charge in [-0.1, -0.05) is 48.3 Å². The second-order valence-electron chi connectivity index (χ2n) is 17.0. The van der Waals surface area contributed by atoms with Crippen molar-refractivity contribution in [1.82, 2.24) is 4.90 Å². The van der Waals surface area contributed by atoms with E-state index in [-0.39, 0.29) is 88.2 Å². The summed E-state index contributed by atoms with van der Waals surface area (Å²) < 4.78 is 41.1. The summed E-state index contributed by atoms with van der Waals surface area (Å²) in [7, 11) is 0. The Morgan fingerprint density at radius 1 is 1.03 bits per heavy atom. The van der Waals surface area contributed by atoms with Crippen molar-refractivity contribution in [3.63, 3.8) is 0 Å². The number of nitrogens with zero attached hydrogens (tertiary/aromatic N) is 2. The van der Waals surface area contributed by atoms with E-state index in [1.807, 2.05) is 43.9 Å². The first-order valence-electron chi connectivity index (χ1n) is 21.2. The minimum absolute atomic E-state index is 0.00252. The number of amides is 1. The Hall–Kier alpha value is -3.81. The van der Waals surface area contributed by atoms with E-state index in [1.165, 1.54) is 6.07 Å². The molecule has 4 aliphatic rings. The standard InChI is InChI=1S/C46H63FN2O9/c1-5-24-56-46-41(49(20-25-54-26-23-52)44(53)31-16-17-31)29-39(48-58-45(2,3)4)36-27-32(12-8-10-21-50)35(14-9-11-22-51)42(43(36)46)37-28-34(18-19-40(37)57-46)55-30-33-13-6-7-15-38(33)47/h5-7,13,15,18-19,27-28,31-32,35,41-43,50-52H,1,8-12,14,16-17,20-26,29-30H2,2-4H3/t32-,35+,41-,42+,43+,46+/m0/s1. The monoisotopic (exact) mass is 806 g/mol. The van der Waals surface area contributed by atoms with Gasteiger partial charge in [0.2, 0.25) is 11.7 Å². The molecule has 1 amide bonds. The molecule has 2 fully saturated rings. The predicted molar refractivity (Wildman–Crippen MR) is 219 cm³/mol. The van der Waals surface area contributed by atoms with Crippen molar-refractivity contribution < 1.29 is 48.3 Å². The molecule has 12 heteroatoms. The van der Waals surface area contributed by atoms with E-state index in [0.717, 1.165) is 55.4 Å². The van der Waals surface area contributed by atoms with Crippen LogP contribution in [0.15, 0.2) is 71.9 Å². The van der Waals surface area contributed by atoms with Crippen molar-refractivity contribution in [2.45, 2.75) is 109 Å². The second-order valence-corrected chi connectivity index (χ2v) is 17.0. The number of ether oxygens (including phenoxy) is 4. The number of hydrogen-bond donors (Lipinski definition) is 3. The Morgan fingerprint density at radius 3 is 2.48 bits per heavy atom. The largest absolute Gasteiger partial charge is 0.489 e. The third-order valence-electron chi connectivity index (χ3n) is 11.7. The SMILES string of the molecule is C=CCO[C@@]12Oc3ccc(OCc4ccccc4F)cc3[C@H]3[C@H](CCCCO)[C@@H](CCCCO)C=C(C(=NOC(C)(C)C)C[C@@H]1N(CCOCCO)C(=O)C1CC1)[C@H]32. The zero-order chi connectivity index (χ0) is 41.3. The lowest BCUT2D eigenvalue weighted by molar-refractivity contribution is -0.258. The van der Waals surface area contributed by atoms with E-state index in [2.05, 4.69) is 12.7 Å². The number of unbranched alkanes of at least 4 members (excludes halogenated alkanes) is 2. The molecule has 0 bridgehead atoms. The van der Waals surface area contributed by atoms with Gasteiger partial charge < -0.3 is 44.0 Å². The number of benzene rings is 2. The highest BCUT2D eigenvalue weighted by atomic mass is 19.1. The van der Waals surface area contributed by atoms with Crippen LogP contribution in [-0.4, -0.2) is 95.5 Å². The molecule has 3 aliphatic carbocycles. The molecule has 6 atom stereocenters. The minimum Gasteiger partial charge on any atom is -0.489 e. The van der Waals surface area contributed by atoms with Gasteiger partial charge in [0.1, 0.15) is 35.6 Å². The fourth-order valence-electron chi connectivity index (χ4n) is 9.02. The summed E-state index contributed by atoms with van der Waals surface area (Å²) in [5.41, 5.74) is 2.43. The molecule has 2 aromatic carbocycles. The Bertz CT molecular complexity index is 1760. The summed E-state index contributed by atoms with van der Waals surface area (Å²) in [4.78, 5) is 22.6. The van der Waals surface area contributed by atoms with Gasteiger partial charge in [-0.2, -0.15) is 0 Å². The first-order valence-corrected chi connectivity index (χ1v) is 21.2. The molecule has 6 rings (SSSR count). The topological polar surface area (TPSA) is 140 Å². The summed E-state index contributed by atoms with van der Waals surface area (Å²) >= 11 is 0. The number of allylic oxidation sites excluding steroid dienone is 1. The average molecular weight is 807 g/mol. The fraction of sp³-hybridized carbons (Fsp3) is 0.609. The molecular formula is C46H63FN2O9. The zero-order valence-corrected chi connectivity index (χ0v) is 34.5. The predicted octanol–water partition coefficient (Wildman–Crippen LogP) is 7.08. The highest BCUT2D eigenvalue weighted by Crippen LogP contribution is 2.62. The second kappa shape index (κ2) is 20.0. The quantitative estimate of drug-likeness (QED) is 0.0647. The molecule has 11 nitrogen and oxygen atoms in total. The van der Waals surface area contributed by atoms with E-state index < -0.39 is 23.3 Å². The lowest BCUT2D eigenvalue weighted by Gasteiger charge is -2.60. The van der Waals surface area contributed by atoms with Gasteiger partial charge in [0.15, 0.2) is 0 Å². The van der Waals surface area contributed by atoms with Crippen LogP contribution < -0.4 is 9.47 Å².